The second-order valence-electron chi connectivity index (χ2n) is 25.6. The number of phosphoric ester groups is 1. The number of unbranched alkanes of at least 4 members (excludes halogenated alkanes) is 51. The Hall–Kier alpha value is -1.02. The van der Waals surface area contributed by atoms with Crippen LogP contribution in [0, 0.1) is 0 Å². The third-order valence-corrected chi connectivity index (χ3v) is 17.4. The zero-order valence-electron chi connectivity index (χ0n) is 53.9. The number of quaternary nitrogens is 1. The van der Waals surface area contributed by atoms with Crippen molar-refractivity contribution in [2.75, 3.05) is 40.9 Å². The zero-order valence-corrected chi connectivity index (χ0v) is 54.8. The summed E-state index contributed by atoms with van der Waals surface area (Å²) in [4.78, 5) is 25.6. The molecule has 0 saturated carbocycles. The fourth-order valence-corrected chi connectivity index (χ4v) is 11.7. The van der Waals surface area contributed by atoms with Crippen molar-refractivity contribution in [3.8, 4) is 0 Å². The summed E-state index contributed by atoms with van der Waals surface area (Å²) in [5, 5.41) is 13.9. The van der Waals surface area contributed by atoms with Crippen molar-refractivity contribution in [1.29, 1.82) is 0 Å². The van der Waals surface area contributed by atoms with Gasteiger partial charge in [-0.1, -0.05) is 353 Å². The van der Waals surface area contributed by atoms with E-state index in [2.05, 4.69) is 31.3 Å². The number of hydrogen-bond donors (Lipinski definition) is 2. The van der Waals surface area contributed by atoms with Crippen molar-refractivity contribution in [3.05, 3.63) is 24.3 Å². The Morgan fingerprint density at radius 3 is 1.03 bits per heavy atom. The molecule has 470 valence electrons. The molecule has 1 amide bonds. The number of aliphatic hydroxyl groups excluding tert-OH is 1. The van der Waals surface area contributed by atoms with Gasteiger partial charge in [0.25, 0.3) is 7.82 Å². The lowest BCUT2D eigenvalue weighted by Crippen LogP contribution is -2.45. The van der Waals surface area contributed by atoms with E-state index in [9.17, 15) is 19.4 Å². The monoisotopic (exact) mass is 1140 g/mol. The van der Waals surface area contributed by atoms with E-state index in [1.807, 2.05) is 27.2 Å². The fraction of sp³-hybridized carbons (Fsp3) is 0.929. The van der Waals surface area contributed by atoms with Gasteiger partial charge in [-0.2, -0.15) is 0 Å². The number of aliphatic hydroxyl groups is 1. The summed E-state index contributed by atoms with van der Waals surface area (Å²) in [5.41, 5.74) is 0. The van der Waals surface area contributed by atoms with E-state index < -0.39 is 20.0 Å². The number of nitrogens with one attached hydrogen (secondary N) is 1. The minimum Gasteiger partial charge on any atom is -0.756 e. The van der Waals surface area contributed by atoms with Gasteiger partial charge < -0.3 is 28.8 Å². The van der Waals surface area contributed by atoms with Crippen LogP contribution >= 0.6 is 7.82 Å². The molecule has 0 bridgehead atoms. The van der Waals surface area contributed by atoms with E-state index in [4.69, 9.17) is 9.05 Å². The molecule has 0 aliphatic carbocycles. The number of phosphoric acid groups is 1. The lowest BCUT2D eigenvalue weighted by molar-refractivity contribution is -0.870. The van der Waals surface area contributed by atoms with Gasteiger partial charge in [0.05, 0.1) is 39.9 Å². The van der Waals surface area contributed by atoms with Crippen LogP contribution in [0.25, 0.3) is 0 Å². The smallest absolute Gasteiger partial charge is 0.268 e. The Bertz CT molecular complexity index is 1340. The number of carbonyl (C=O) groups excluding carboxylic acids is 1. The van der Waals surface area contributed by atoms with Gasteiger partial charge in [-0.3, -0.25) is 9.36 Å². The molecule has 0 radical (unpaired) electrons. The van der Waals surface area contributed by atoms with Gasteiger partial charge >= 0.3 is 0 Å². The fourth-order valence-electron chi connectivity index (χ4n) is 10.9. The van der Waals surface area contributed by atoms with Crippen molar-refractivity contribution in [3.63, 3.8) is 0 Å². The highest BCUT2D eigenvalue weighted by Gasteiger charge is 2.23. The molecule has 9 heteroatoms. The van der Waals surface area contributed by atoms with Gasteiger partial charge in [0.15, 0.2) is 0 Å². The van der Waals surface area contributed by atoms with Crippen molar-refractivity contribution in [2.45, 2.75) is 379 Å². The van der Waals surface area contributed by atoms with Crippen LogP contribution in [0.3, 0.4) is 0 Å². The zero-order chi connectivity index (χ0) is 57.7. The summed E-state index contributed by atoms with van der Waals surface area (Å²) in [5.74, 6) is -0.199. The molecule has 0 fully saturated rings. The van der Waals surface area contributed by atoms with E-state index in [0.29, 0.717) is 17.4 Å². The van der Waals surface area contributed by atoms with Crippen molar-refractivity contribution in [2.24, 2.45) is 0 Å². The van der Waals surface area contributed by atoms with Crippen LogP contribution in [0.15, 0.2) is 24.3 Å². The van der Waals surface area contributed by atoms with E-state index >= 15 is 0 Å². The molecular weight excluding hydrogens is 996 g/mol. The number of carbonyl (C=O) groups is 1. The molecule has 0 saturated heterocycles. The molecule has 0 rings (SSSR count). The van der Waals surface area contributed by atoms with Crippen molar-refractivity contribution < 1.29 is 32.9 Å². The minimum atomic E-state index is -4.61. The molecule has 3 atom stereocenters. The quantitative estimate of drug-likeness (QED) is 0.0272. The van der Waals surface area contributed by atoms with E-state index in [-0.39, 0.29) is 19.1 Å². The van der Waals surface area contributed by atoms with E-state index in [1.165, 1.54) is 308 Å². The first-order valence-corrected chi connectivity index (χ1v) is 36.7. The van der Waals surface area contributed by atoms with E-state index in [1.54, 1.807) is 6.08 Å². The van der Waals surface area contributed by atoms with Gasteiger partial charge in [0.1, 0.15) is 13.2 Å². The summed E-state index contributed by atoms with van der Waals surface area (Å²) >= 11 is 0. The number of allylic oxidation sites excluding steroid dienone is 3. The largest absolute Gasteiger partial charge is 0.756 e. The molecule has 0 aromatic heterocycles. The minimum absolute atomic E-state index is 0.00356. The average Bonchev–Trinajstić information content (AvgIpc) is 3.42. The lowest BCUT2D eigenvalue weighted by atomic mass is 10.0. The van der Waals surface area contributed by atoms with Crippen LogP contribution in [0.5, 0.6) is 0 Å². The first-order chi connectivity index (χ1) is 38.5. The molecule has 3 unspecified atom stereocenters. The predicted molar refractivity (Wildman–Crippen MR) is 344 cm³/mol. The van der Waals surface area contributed by atoms with Gasteiger partial charge in [-0.25, -0.2) is 0 Å². The van der Waals surface area contributed by atoms with Crippen LogP contribution in [0.4, 0.5) is 0 Å². The summed E-state index contributed by atoms with van der Waals surface area (Å²) in [7, 11) is 1.26. The Kier molecular flexibility index (Phi) is 60.7. The highest BCUT2D eigenvalue weighted by atomic mass is 31.2. The van der Waals surface area contributed by atoms with Gasteiger partial charge in [0, 0.05) is 6.42 Å². The highest BCUT2D eigenvalue weighted by molar-refractivity contribution is 7.45. The van der Waals surface area contributed by atoms with Crippen LogP contribution in [-0.2, 0) is 18.4 Å². The molecule has 0 heterocycles. The number of rotatable bonds is 66. The molecular formula is C70H139N2O6P. The number of likely N-dealkylation sites (N-methyl/N-ethyl adjacent to an activating group) is 1. The Labute approximate surface area is 494 Å². The topological polar surface area (TPSA) is 108 Å². The Morgan fingerprint density at radius 2 is 0.709 bits per heavy atom. The first kappa shape index (κ1) is 78.0. The molecule has 0 aromatic rings. The maximum Gasteiger partial charge on any atom is 0.268 e. The summed E-state index contributed by atoms with van der Waals surface area (Å²) in [6, 6.07) is -0.901. The Morgan fingerprint density at radius 1 is 0.430 bits per heavy atom. The molecule has 0 aromatic carbocycles. The molecule has 8 nitrogen and oxygen atoms in total. The van der Waals surface area contributed by atoms with Gasteiger partial charge in [-0.15, -0.1) is 0 Å². The molecule has 0 spiro atoms. The van der Waals surface area contributed by atoms with Crippen LogP contribution in [0.2, 0.25) is 0 Å². The maximum absolute atomic E-state index is 13.0. The summed E-state index contributed by atoms with van der Waals surface area (Å²) < 4.78 is 23.4. The number of hydrogen-bond acceptors (Lipinski definition) is 6. The second kappa shape index (κ2) is 61.5. The first-order valence-electron chi connectivity index (χ1n) is 35.2. The summed E-state index contributed by atoms with van der Waals surface area (Å²) in [6.45, 7) is 4.69. The molecule has 2 N–H and O–H groups in total. The molecule has 0 aliphatic heterocycles. The van der Waals surface area contributed by atoms with Crippen LogP contribution in [-0.4, -0.2) is 68.5 Å². The Balaban J connectivity index is 3.93. The number of nitrogens with zero attached hydrogens (tertiary/aromatic N) is 1. The third-order valence-electron chi connectivity index (χ3n) is 16.4. The maximum atomic E-state index is 13.0. The highest BCUT2D eigenvalue weighted by Crippen LogP contribution is 2.38. The van der Waals surface area contributed by atoms with Crippen LogP contribution in [0.1, 0.15) is 367 Å². The standard InChI is InChI=1S/C70H139N2O6P/c1-6-8-10-12-14-16-18-20-22-24-26-27-28-29-30-31-32-33-34-35-36-37-38-39-40-41-42-43-44-46-48-50-52-54-56-58-60-62-64-70(74)71-68(67-78-79(75,76)77-66-65-72(3,4)5)69(73)63-61-59-57-55-53-51-49-47-45-25-23-21-19-17-15-13-11-9-7-2/h53,55,61,63,68-69,73H,6-52,54,56-60,62,64-67H2,1-5H3,(H-,71,74,75,76)/b55-53+,63-61+. The normalized spacial score (nSPS) is 13.8. The van der Waals surface area contributed by atoms with E-state index in [0.717, 1.165) is 38.5 Å². The third kappa shape index (κ3) is 64.4. The average molecular weight is 1140 g/mol. The number of amides is 1. The lowest BCUT2D eigenvalue weighted by Gasteiger charge is -2.29. The van der Waals surface area contributed by atoms with Crippen LogP contribution < -0.4 is 10.2 Å². The summed E-state index contributed by atoms with van der Waals surface area (Å²) in [6.07, 6.45) is 80.4. The van der Waals surface area contributed by atoms with Gasteiger partial charge in [0.2, 0.25) is 5.91 Å². The van der Waals surface area contributed by atoms with Crippen molar-refractivity contribution >= 4 is 13.7 Å². The van der Waals surface area contributed by atoms with Gasteiger partial charge in [-0.05, 0) is 32.1 Å². The SMILES string of the molecule is CCCCCCCCCCCCCCC/C=C/CC/C=C/C(O)C(COP(=O)([O-])OCC[N+](C)(C)C)NC(=O)CCCCCCCCCCCCCCCCCCCCCCCCCCCCCCCCCCCCCCCC. The predicted octanol–water partition coefficient (Wildman–Crippen LogP) is 21.6. The second-order valence-corrected chi connectivity index (χ2v) is 27.0. The van der Waals surface area contributed by atoms with Crippen molar-refractivity contribution in [1.82, 2.24) is 5.32 Å². The molecule has 0 aliphatic rings. The molecule has 79 heavy (non-hydrogen) atoms.